The monoisotopic (exact) mass is 1080 g/mol. The van der Waals surface area contributed by atoms with Crippen LogP contribution >= 0.6 is 0 Å². The van der Waals surface area contributed by atoms with Crippen LogP contribution in [0.25, 0.3) is 0 Å². The van der Waals surface area contributed by atoms with Crippen LogP contribution in [0.2, 0.25) is 0 Å². The minimum Gasteiger partial charge on any atom is -0.379 e. The first kappa shape index (κ1) is 73.2. The lowest BCUT2D eigenvalue weighted by Gasteiger charge is -2.23. The van der Waals surface area contributed by atoms with Crippen molar-refractivity contribution in [2.45, 2.75) is 79.1 Å². The van der Waals surface area contributed by atoms with Crippen molar-refractivity contribution in [3.05, 3.63) is 0 Å². The molecule has 0 rings (SSSR count). The fourth-order valence-electron chi connectivity index (χ4n) is 6.19. The molecule has 0 bridgehead atoms. The van der Waals surface area contributed by atoms with Crippen molar-refractivity contribution >= 4 is 0 Å². The number of unbranched alkanes of at least 4 members (excludes halogenated alkanes) is 4. The van der Waals surface area contributed by atoms with E-state index >= 15 is 0 Å². The summed E-state index contributed by atoms with van der Waals surface area (Å²) in [6.45, 7) is 34.0. The van der Waals surface area contributed by atoms with Crippen LogP contribution in [0.5, 0.6) is 0 Å². The Kier molecular flexibility index (Phi) is 67.6. The number of ether oxygens (including phenoxy) is 18. The second-order valence-corrected chi connectivity index (χ2v) is 17.1. The summed E-state index contributed by atoms with van der Waals surface area (Å²) in [6, 6.07) is 0. The van der Waals surface area contributed by atoms with Crippen molar-refractivity contribution in [3.8, 4) is 0 Å². The average Bonchev–Trinajstić information content (AvgIpc) is 3.41. The van der Waals surface area contributed by atoms with E-state index < -0.39 is 0 Å². The first-order valence-corrected chi connectivity index (χ1v) is 28.6. The number of rotatable bonds is 69. The molecule has 0 aromatic heterocycles. The van der Waals surface area contributed by atoms with Crippen molar-refractivity contribution in [1.29, 1.82) is 0 Å². The topological polar surface area (TPSA) is 173 Å². The van der Waals surface area contributed by atoms with Crippen molar-refractivity contribution in [2.24, 2.45) is 0 Å². The molecular weight excluding hydrogens is 965 g/mol. The molecule has 0 unspecified atom stereocenters. The van der Waals surface area contributed by atoms with Gasteiger partial charge in [-0.1, -0.05) is 53.4 Å². The third-order valence-electron chi connectivity index (χ3n) is 10.7. The number of hydrogen-bond donors (Lipinski definition) is 0. The summed E-state index contributed by atoms with van der Waals surface area (Å²) in [6.07, 6.45) is 8.85. The number of hydrogen-bond acceptors (Lipinski definition) is 20. The van der Waals surface area contributed by atoms with E-state index in [2.05, 4.69) is 37.5 Å². The zero-order valence-electron chi connectivity index (χ0n) is 47.6. The summed E-state index contributed by atoms with van der Waals surface area (Å²) in [4.78, 5) is 4.58. The third kappa shape index (κ3) is 63.7. The molecule has 0 aromatic rings. The molecule has 20 nitrogen and oxygen atoms in total. The van der Waals surface area contributed by atoms with Crippen LogP contribution in [0.15, 0.2) is 0 Å². The first-order chi connectivity index (χ1) is 36.8. The Balaban J connectivity index is 4.54. The molecule has 0 aliphatic rings. The molecule has 0 spiro atoms. The fraction of sp³-hybridized carbons (Fsp3) is 1.00. The summed E-state index contributed by atoms with van der Waals surface area (Å²) in [5, 5.41) is 0. The van der Waals surface area contributed by atoms with Crippen molar-refractivity contribution in [2.75, 3.05) is 277 Å². The normalized spacial score (nSPS) is 11.9. The van der Waals surface area contributed by atoms with Gasteiger partial charge in [-0.25, -0.2) is 0 Å². The minimum absolute atomic E-state index is 0.502. The predicted octanol–water partition coefficient (Wildman–Crippen LogP) is 5.09. The number of nitrogens with zero attached hydrogens (tertiary/aromatic N) is 2. The molecule has 20 heteroatoms. The molecule has 0 aromatic carbocycles. The van der Waals surface area contributed by atoms with Gasteiger partial charge in [0.1, 0.15) is 0 Å². The molecule has 0 aliphatic carbocycles. The second-order valence-electron chi connectivity index (χ2n) is 17.1. The Hall–Kier alpha value is -0.800. The highest BCUT2D eigenvalue weighted by Gasteiger charge is 2.08. The highest BCUT2D eigenvalue weighted by Crippen LogP contribution is 1.97. The molecule has 0 radical (unpaired) electrons. The van der Waals surface area contributed by atoms with Gasteiger partial charge in [0.25, 0.3) is 0 Å². The average molecular weight is 1080 g/mol. The fourth-order valence-corrected chi connectivity index (χ4v) is 6.19. The van der Waals surface area contributed by atoms with Gasteiger partial charge < -0.3 is 85.3 Å². The van der Waals surface area contributed by atoms with Gasteiger partial charge >= 0.3 is 0 Å². The summed E-state index contributed by atoms with van der Waals surface area (Å²) in [7, 11) is 0. The van der Waals surface area contributed by atoms with Crippen LogP contribution in [-0.4, -0.2) is 287 Å². The van der Waals surface area contributed by atoms with E-state index in [0.29, 0.717) is 211 Å². The zero-order chi connectivity index (χ0) is 53.2. The Bertz CT molecular complexity index is 853. The van der Waals surface area contributed by atoms with Gasteiger partial charge in [0.15, 0.2) is 0 Å². The van der Waals surface area contributed by atoms with E-state index in [1.165, 1.54) is 0 Å². The van der Waals surface area contributed by atoms with Crippen LogP contribution in [0, 0.1) is 0 Å². The van der Waals surface area contributed by atoms with Gasteiger partial charge in [-0.3, -0.25) is 9.80 Å². The summed E-state index contributed by atoms with van der Waals surface area (Å²) < 4.78 is 103. The van der Waals surface area contributed by atoms with Crippen molar-refractivity contribution in [1.82, 2.24) is 9.80 Å². The standard InChI is InChI=1S/C54H112N2O18/c1-5-9-19-57-29-39-67-47-51-71-43-35-63-25-15-55(16-26-64-36-44-72-52-48-68-40-30-58-20-10-6-2)13-23-61-33-34-62-24-14-56(17-27-65-37-45-73-53-49-69-41-31-59-21-11-7-3)18-28-66-38-46-74-54-50-70-42-32-60-22-12-8-4/h5-54H2,1-4H3. The van der Waals surface area contributed by atoms with E-state index in [0.717, 1.165) is 117 Å². The van der Waals surface area contributed by atoms with Gasteiger partial charge in [-0.15, -0.1) is 0 Å². The quantitative estimate of drug-likeness (QED) is 0.0737. The Morgan fingerprint density at radius 2 is 0.257 bits per heavy atom. The summed E-state index contributed by atoms with van der Waals surface area (Å²) >= 11 is 0. The van der Waals surface area contributed by atoms with Crippen LogP contribution in [-0.2, 0) is 85.3 Å². The van der Waals surface area contributed by atoms with Gasteiger partial charge in [-0.05, 0) is 25.7 Å². The lowest BCUT2D eigenvalue weighted by atomic mass is 10.4. The molecule has 0 aliphatic heterocycles. The van der Waals surface area contributed by atoms with Gasteiger partial charge in [0, 0.05) is 65.7 Å². The van der Waals surface area contributed by atoms with Gasteiger partial charge in [0.2, 0.25) is 0 Å². The maximum atomic E-state index is 6.00. The molecule has 0 amide bonds. The highest BCUT2D eigenvalue weighted by molar-refractivity contribution is 4.59. The first-order valence-electron chi connectivity index (χ1n) is 28.6. The molecule has 0 saturated carbocycles. The zero-order valence-corrected chi connectivity index (χ0v) is 47.6. The molecule has 0 saturated heterocycles. The molecule has 446 valence electrons. The molecule has 0 atom stereocenters. The van der Waals surface area contributed by atoms with Crippen molar-refractivity contribution in [3.63, 3.8) is 0 Å². The van der Waals surface area contributed by atoms with E-state index in [1.54, 1.807) is 0 Å². The smallest absolute Gasteiger partial charge is 0.0701 e. The molecule has 0 heterocycles. The van der Waals surface area contributed by atoms with Crippen LogP contribution in [0.1, 0.15) is 79.1 Å². The Morgan fingerprint density at radius 3 is 0.378 bits per heavy atom. The predicted molar refractivity (Wildman–Crippen MR) is 287 cm³/mol. The van der Waals surface area contributed by atoms with E-state index in [4.69, 9.17) is 85.3 Å². The van der Waals surface area contributed by atoms with Gasteiger partial charge in [-0.2, -0.15) is 0 Å². The maximum Gasteiger partial charge on any atom is 0.0701 e. The summed E-state index contributed by atoms with van der Waals surface area (Å²) in [5.74, 6) is 0. The highest BCUT2D eigenvalue weighted by atomic mass is 16.6. The third-order valence-corrected chi connectivity index (χ3v) is 10.7. The lowest BCUT2D eigenvalue weighted by molar-refractivity contribution is -0.0138. The minimum atomic E-state index is 0.502. The molecule has 0 N–H and O–H groups in total. The van der Waals surface area contributed by atoms with Crippen molar-refractivity contribution < 1.29 is 85.3 Å². The van der Waals surface area contributed by atoms with Gasteiger partial charge in [0.05, 0.1) is 211 Å². The van der Waals surface area contributed by atoms with Crippen LogP contribution in [0.3, 0.4) is 0 Å². The van der Waals surface area contributed by atoms with Crippen LogP contribution in [0.4, 0.5) is 0 Å². The molecule has 74 heavy (non-hydrogen) atoms. The lowest BCUT2D eigenvalue weighted by Crippen LogP contribution is -2.35. The molecule has 0 fully saturated rings. The van der Waals surface area contributed by atoms with E-state index in [9.17, 15) is 0 Å². The van der Waals surface area contributed by atoms with E-state index in [1.807, 2.05) is 0 Å². The second kappa shape index (κ2) is 68.3. The summed E-state index contributed by atoms with van der Waals surface area (Å²) in [5.41, 5.74) is 0. The SMILES string of the molecule is CCCCOCCOCCOCCOCCN(CCOCCOCCOCCOCCCC)CCOCCOCCN(CCOCCOCCOCCOCCCC)CCOCCOCCOCCOCCCC. The Morgan fingerprint density at radius 1 is 0.149 bits per heavy atom. The molecular formula is C54H112N2O18. The van der Waals surface area contributed by atoms with Crippen LogP contribution < -0.4 is 0 Å². The largest absolute Gasteiger partial charge is 0.379 e. The van der Waals surface area contributed by atoms with E-state index in [-0.39, 0.29) is 0 Å². The Labute approximate surface area is 450 Å². The maximum absolute atomic E-state index is 6.00.